The summed E-state index contributed by atoms with van der Waals surface area (Å²) >= 11 is 0. The molecule has 0 amide bonds. The summed E-state index contributed by atoms with van der Waals surface area (Å²) in [5.41, 5.74) is -0.465. The summed E-state index contributed by atoms with van der Waals surface area (Å²) in [6.07, 6.45) is 2.75. The van der Waals surface area contributed by atoms with Crippen LogP contribution in [0.15, 0.2) is 0 Å². The van der Waals surface area contributed by atoms with Crippen LogP contribution >= 0.6 is 0 Å². The molecular formula is C11H22O2. The Labute approximate surface area is 81.3 Å². The number of hydrogen-bond acceptors (Lipinski definition) is 2. The summed E-state index contributed by atoms with van der Waals surface area (Å²) in [6, 6.07) is 0. The zero-order valence-electron chi connectivity index (χ0n) is 9.05. The van der Waals surface area contributed by atoms with Crippen molar-refractivity contribution in [3.63, 3.8) is 0 Å². The molecule has 2 nitrogen and oxygen atoms in total. The van der Waals surface area contributed by atoms with Crippen LogP contribution in [0.5, 0.6) is 0 Å². The fourth-order valence-corrected chi connectivity index (χ4v) is 2.06. The summed E-state index contributed by atoms with van der Waals surface area (Å²) in [5, 5.41) is 10.4. The molecule has 0 aromatic carbocycles. The van der Waals surface area contributed by atoms with Crippen LogP contribution in [0.2, 0.25) is 0 Å². The van der Waals surface area contributed by atoms with E-state index in [0.717, 1.165) is 32.5 Å². The van der Waals surface area contributed by atoms with Gasteiger partial charge in [0.25, 0.3) is 0 Å². The van der Waals surface area contributed by atoms with Crippen molar-refractivity contribution in [2.24, 2.45) is 11.8 Å². The van der Waals surface area contributed by atoms with Gasteiger partial charge in [0, 0.05) is 13.2 Å². The Kier molecular flexibility index (Phi) is 3.74. The van der Waals surface area contributed by atoms with Crippen molar-refractivity contribution in [2.45, 2.75) is 45.6 Å². The van der Waals surface area contributed by atoms with Crippen LogP contribution in [0.1, 0.15) is 40.0 Å². The molecule has 1 saturated heterocycles. The molecule has 1 aliphatic heterocycles. The quantitative estimate of drug-likeness (QED) is 0.732. The maximum Gasteiger partial charge on any atom is 0.0719 e. The van der Waals surface area contributed by atoms with Crippen molar-refractivity contribution in [3.8, 4) is 0 Å². The summed E-state index contributed by atoms with van der Waals surface area (Å²) in [7, 11) is 0. The lowest BCUT2D eigenvalue weighted by atomic mass is 9.75. The third-order valence-electron chi connectivity index (χ3n) is 3.70. The van der Waals surface area contributed by atoms with Gasteiger partial charge >= 0.3 is 0 Å². The predicted octanol–water partition coefficient (Wildman–Crippen LogP) is 2.21. The Balaban J connectivity index is 2.55. The van der Waals surface area contributed by atoms with Crippen LogP contribution in [-0.2, 0) is 4.74 Å². The average Bonchev–Trinajstić information content (AvgIpc) is 2.16. The van der Waals surface area contributed by atoms with Gasteiger partial charge in [0.2, 0.25) is 0 Å². The smallest absolute Gasteiger partial charge is 0.0719 e. The summed E-state index contributed by atoms with van der Waals surface area (Å²) < 4.78 is 5.27. The van der Waals surface area contributed by atoms with Gasteiger partial charge in [-0.3, -0.25) is 0 Å². The molecule has 0 aromatic heterocycles. The van der Waals surface area contributed by atoms with Crippen molar-refractivity contribution in [1.29, 1.82) is 0 Å². The highest BCUT2D eigenvalue weighted by molar-refractivity contribution is 4.88. The number of rotatable bonds is 3. The maximum absolute atomic E-state index is 10.4. The SMILES string of the molecule is CCC(C)C(C)C1(O)CCOCC1. The minimum atomic E-state index is -0.465. The van der Waals surface area contributed by atoms with E-state index in [2.05, 4.69) is 20.8 Å². The molecule has 0 saturated carbocycles. The first-order valence-electron chi connectivity index (χ1n) is 5.40. The third-order valence-corrected chi connectivity index (χ3v) is 3.70. The molecule has 1 rings (SSSR count). The molecule has 0 aliphatic carbocycles. The second-order valence-corrected chi connectivity index (χ2v) is 4.39. The van der Waals surface area contributed by atoms with Gasteiger partial charge < -0.3 is 9.84 Å². The number of aliphatic hydroxyl groups is 1. The minimum Gasteiger partial charge on any atom is -0.389 e. The standard InChI is InChI=1S/C11H22O2/c1-4-9(2)10(3)11(12)5-7-13-8-6-11/h9-10,12H,4-8H2,1-3H3. The fraction of sp³-hybridized carbons (Fsp3) is 1.00. The lowest BCUT2D eigenvalue weighted by Crippen LogP contribution is -2.44. The highest BCUT2D eigenvalue weighted by Crippen LogP contribution is 2.34. The van der Waals surface area contributed by atoms with Crippen LogP contribution < -0.4 is 0 Å². The van der Waals surface area contributed by atoms with Crippen molar-refractivity contribution in [3.05, 3.63) is 0 Å². The molecule has 1 heterocycles. The van der Waals surface area contributed by atoms with Crippen LogP contribution in [-0.4, -0.2) is 23.9 Å². The van der Waals surface area contributed by atoms with E-state index in [1.54, 1.807) is 0 Å². The van der Waals surface area contributed by atoms with Crippen LogP contribution in [0.3, 0.4) is 0 Å². The first-order chi connectivity index (χ1) is 6.10. The van der Waals surface area contributed by atoms with Gasteiger partial charge in [0.15, 0.2) is 0 Å². The van der Waals surface area contributed by atoms with Crippen molar-refractivity contribution >= 4 is 0 Å². The Bertz CT molecular complexity index is 150. The molecule has 0 aromatic rings. The largest absolute Gasteiger partial charge is 0.389 e. The van der Waals surface area contributed by atoms with Gasteiger partial charge in [-0.1, -0.05) is 27.2 Å². The first-order valence-corrected chi connectivity index (χ1v) is 5.40. The first kappa shape index (κ1) is 11.0. The summed E-state index contributed by atoms with van der Waals surface area (Å²) in [4.78, 5) is 0. The van der Waals surface area contributed by atoms with Crippen LogP contribution in [0.25, 0.3) is 0 Å². The summed E-state index contributed by atoms with van der Waals surface area (Å²) in [6.45, 7) is 8.01. The van der Waals surface area contributed by atoms with Crippen LogP contribution in [0.4, 0.5) is 0 Å². The number of ether oxygens (including phenoxy) is 1. The molecule has 78 valence electrons. The van der Waals surface area contributed by atoms with E-state index in [-0.39, 0.29) is 0 Å². The minimum absolute atomic E-state index is 0.390. The summed E-state index contributed by atoms with van der Waals surface area (Å²) in [5.74, 6) is 0.990. The molecule has 0 bridgehead atoms. The highest BCUT2D eigenvalue weighted by atomic mass is 16.5. The van der Waals surface area contributed by atoms with Gasteiger partial charge in [-0.15, -0.1) is 0 Å². The van der Waals surface area contributed by atoms with E-state index in [9.17, 15) is 5.11 Å². The van der Waals surface area contributed by atoms with Gasteiger partial charge in [0.05, 0.1) is 5.60 Å². The molecule has 1 fully saturated rings. The van der Waals surface area contributed by atoms with Gasteiger partial charge in [-0.25, -0.2) is 0 Å². The molecular weight excluding hydrogens is 164 g/mol. The van der Waals surface area contributed by atoms with E-state index in [4.69, 9.17) is 4.74 Å². The molecule has 1 aliphatic rings. The fourth-order valence-electron chi connectivity index (χ4n) is 2.06. The van der Waals surface area contributed by atoms with Gasteiger partial charge in [-0.05, 0) is 24.7 Å². The van der Waals surface area contributed by atoms with Gasteiger partial charge in [-0.2, -0.15) is 0 Å². The van der Waals surface area contributed by atoms with Crippen molar-refractivity contribution in [1.82, 2.24) is 0 Å². The highest BCUT2D eigenvalue weighted by Gasteiger charge is 2.37. The van der Waals surface area contributed by atoms with E-state index in [1.807, 2.05) is 0 Å². The van der Waals surface area contributed by atoms with E-state index in [1.165, 1.54) is 0 Å². The molecule has 2 atom stereocenters. The molecule has 0 radical (unpaired) electrons. The van der Waals surface area contributed by atoms with Crippen LogP contribution in [0, 0.1) is 11.8 Å². The lowest BCUT2D eigenvalue weighted by Gasteiger charge is -2.40. The molecule has 1 N–H and O–H groups in total. The molecule has 2 heteroatoms. The second-order valence-electron chi connectivity index (χ2n) is 4.39. The predicted molar refractivity (Wildman–Crippen MR) is 53.6 cm³/mol. The zero-order chi connectivity index (χ0) is 9.90. The molecule has 0 spiro atoms. The Morgan fingerprint density at radius 1 is 1.31 bits per heavy atom. The normalized spacial score (nSPS) is 26.8. The van der Waals surface area contributed by atoms with Crippen molar-refractivity contribution in [2.75, 3.05) is 13.2 Å². The second kappa shape index (κ2) is 4.43. The Morgan fingerprint density at radius 2 is 1.85 bits per heavy atom. The van der Waals surface area contributed by atoms with E-state index < -0.39 is 5.60 Å². The van der Waals surface area contributed by atoms with Gasteiger partial charge in [0.1, 0.15) is 0 Å². The van der Waals surface area contributed by atoms with E-state index >= 15 is 0 Å². The van der Waals surface area contributed by atoms with Crippen molar-refractivity contribution < 1.29 is 9.84 Å². The van der Waals surface area contributed by atoms with E-state index in [0.29, 0.717) is 11.8 Å². The Morgan fingerprint density at radius 3 is 2.31 bits per heavy atom. The third kappa shape index (κ3) is 2.44. The topological polar surface area (TPSA) is 29.5 Å². The maximum atomic E-state index is 10.4. The average molecular weight is 186 g/mol. The Hall–Kier alpha value is -0.0800. The molecule has 13 heavy (non-hydrogen) atoms. The monoisotopic (exact) mass is 186 g/mol. The zero-order valence-corrected chi connectivity index (χ0v) is 9.05. The molecule has 2 unspecified atom stereocenters. The lowest BCUT2D eigenvalue weighted by molar-refractivity contribution is -0.107. The number of hydrogen-bond donors (Lipinski definition) is 1.